The summed E-state index contributed by atoms with van der Waals surface area (Å²) >= 11 is 3.45. The molecular formula is C18H19BrN2O4. The first-order valence-electron chi connectivity index (χ1n) is 8.15. The van der Waals surface area contributed by atoms with E-state index in [4.69, 9.17) is 9.47 Å². The molecular weight excluding hydrogens is 388 g/mol. The molecule has 0 saturated heterocycles. The Kier molecular flexibility index (Phi) is 5.13. The number of rotatable bonds is 4. The van der Waals surface area contributed by atoms with E-state index in [-0.39, 0.29) is 12.6 Å². The highest BCUT2D eigenvalue weighted by Gasteiger charge is 2.29. The number of nitrogens with one attached hydrogen (secondary N) is 2. The smallest absolute Gasteiger partial charge is 0.341 e. The maximum Gasteiger partial charge on any atom is 0.341 e. The van der Waals surface area contributed by atoms with Gasteiger partial charge in [0.1, 0.15) is 6.04 Å². The molecule has 3 rings (SSSR count). The van der Waals surface area contributed by atoms with Crippen LogP contribution < -0.4 is 5.32 Å². The fourth-order valence-corrected chi connectivity index (χ4v) is 3.31. The van der Waals surface area contributed by atoms with Crippen molar-refractivity contribution < 1.29 is 19.1 Å². The van der Waals surface area contributed by atoms with Crippen LogP contribution in [0, 0.1) is 0 Å². The van der Waals surface area contributed by atoms with Gasteiger partial charge >= 0.3 is 11.9 Å². The Morgan fingerprint density at radius 3 is 2.72 bits per heavy atom. The minimum Gasteiger partial charge on any atom is -0.464 e. The highest BCUT2D eigenvalue weighted by Crippen LogP contribution is 2.32. The highest BCUT2D eigenvalue weighted by atomic mass is 79.9. The number of carbonyl (C=O) groups excluding carboxylic acids is 2. The molecule has 1 aromatic carbocycles. The second-order valence-electron chi connectivity index (χ2n) is 5.62. The third-order valence-electron chi connectivity index (χ3n) is 4.04. The van der Waals surface area contributed by atoms with E-state index < -0.39 is 12.0 Å². The van der Waals surface area contributed by atoms with Crippen LogP contribution in [0.15, 0.2) is 28.9 Å². The zero-order valence-corrected chi connectivity index (χ0v) is 15.6. The van der Waals surface area contributed by atoms with Crippen LogP contribution in [0.3, 0.4) is 0 Å². The van der Waals surface area contributed by atoms with Crippen molar-refractivity contribution >= 4 is 44.3 Å². The van der Waals surface area contributed by atoms with E-state index in [1.54, 1.807) is 13.8 Å². The van der Waals surface area contributed by atoms with Crippen LogP contribution in [0.25, 0.3) is 16.5 Å². The first-order chi connectivity index (χ1) is 12.0. The van der Waals surface area contributed by atoms with Gasteiger partial charge in [0.15, 0.2) is 0 Å². The SMILES string of the molecule is CCOC(=O)C1=CNC(C(=O)OCC)Cc2c1[nH]c1cc(Br)ccc21. The number of carbonyl (C=O) groups is 2. The molecule has 6 nitrogen and oxygen atoms in total. The van der Waals surface area contributed by atoms with Crippen molar-refractivity contribution in [3.8, 4) is 0 Å². The van der Waals surface area contributed by atoms with Crippen molar-refractivity contribution in [3.63, 3.8) is 0 Å². The number of H-pyrrole nitrogens is 1. The van der Waals surface area contributed by atoms with E-state index in [2.05, 4.69) is 26.2 Å². The van der Waals surface area contributed by atoms with Gasteiger partial charge in [-0.1, -0.05) is 22.0 Å². The predicted molar refractivity (Wildman–Crippen MR) is 97.9 cm³/mol. The molecule has 1 aromatic heterocycles. The summed E-state index contributed by atoms with van der Waals surface area (Å²) in [5.41, 5.74) is 2.82. The third-order valence-corrected chi connectivity index (χ3v) is 4.53. The van der Waals surface area contributed by atoms with Gasteiger partial charge in [0.05, 0.1) is 24.5 Å². The van der Waals surface area contributed by atoms with Crippen LogP contribution in [0.1, 0.15) is 25.1 Å². The minimum absolute atomic E-state index is 0.276. The third kappa shape index (κ3) is 3.42. The Hall–Kier alpha value is -2.28. The van der Waals surface area contributed by atoms with Crippen LogP contribution in [0.5, 0.6) is 0 Å². The maximum absolute atomic E-state index is 12.4. The topological polar surface area (TPSA) is 80.4 Å². The zero-order valence-electron chi connectivity index (χ0n) is 14.0. The molecule has 132 valence electrons. The number of esters is 2. The van der Waals surface area contributed by atoms with Crippen LogP contribution in [0.4, 0.5) is 0 Å². The molecule has 1 unspecified atom stereocenters. The number of hydrogen-bond donors (Lipinski definition) is 2. The number of ether oxygens (including phenoxy) is 2. The number of benzene rings is 1. The molecule has 1 aliphatic heterocycles. The highest BCUT2D eigenvalue weighted by molar-refractivity contribution is 9.10. The summed E-state index contributed by atoms with van der Waals surface area (Å²) in [6, 6.07) is 5.28. The maximum atomic E-state index is 12.4. The molecule has 0 saturated carbocycles. The van der Waals surface area contributed by atoms with Crippen LogP contribution >= 0.6 is 15.9 Å². The number of halogens is 1. The van der Waals surface area contributed by atoms with Gasteiger partial charge in [-0.2, -0.15) is 0 Å². The van der Waals surface area contributed by atoms with E-state index in [0.29, 0.717) is 24.3 Å². The van der Waals surface area contributed by atoms with Crippen molar-refractivity contribution in [2.45, 2.75) is 26.3 Å². The van der Waals surface area contributed by atoms with E-state index in [1.165, 1.54) is 6.20 Å². The summed E-state index contributed by atoms with van der Waals surface area (Å²) < 4.78 is 11.2. The Labute approximate surface area is 153 Å². The summed E-state index contributed by atoms with van der Waals surface area (Å²) in [6.45, 7) is 4.11. The number of fused-ring (bicyclic) bond motifs is 3. The molecule has 0 amide bonds. The standard InChI is InChI=1S/C18H19BrN2O4/c1-3-24-17(22)13-9-20-15(18(23)25-4-2)8-12-11-6-5-10(19)7-14(11)21-16(12)13/h5-7,9,15,20-21H,3-4,8H2,1-2H3. The monoisotopic (exact) mass is 406 g/mol. The summed E-state index contributed by atoms with van der Waals surface area (Å²) in [6.07, 6.45) is 1.95. The normalized spacial score (nSPS) is 16.4. The molecule has 25 heavy (non-hydrogen) atoms. The second-order valence-corrected chi connectivity index (χ2v) is 6.54. The quantitative estimate of drug-likeness (QED) is 0.762. The molecule has 1 atom stereocenters. The number of aromatic nitrogens is 1. The lowest BCUT2D eigenvalue weighted by Gasteiger charge is -2.14. The van der Waals surface area contributed by atoms with Gasteiger partial charge in [-0.25, -0.2) is 9.59 Å². The van der Waals surface area contributed by atoms with Crippen molar-refractivity contribution in [2.24, 2.45) is 0 Å². The van der Waals surface area contributed by atoms with Crippen molar-refractivity contribution in [3.05, 3.63) is 40.1 Å². The number of aromatic amines is 1. The van der Waals surface area contributed by atoms with Crippen molar-refractivity contribution in [2.75, 3.05) is 13.2 Å². The van der Waals surface area contributed by atoms with Crippen LogP contribution in [0.2, 0.25) is 0 Å². The Morgan fingerprint density at radius 1 is 1.24 bits per heavy atom. The molecule has 2 heterocycles. The van der Waals surface area contributed by atoms with E-state index in [1.807, 2.05) is 18.2 Å². The van der Waals surface area contributed by atoms with Gasteiger partial charge in [0, 0.05) is 28.0 Å². The van der Waals surface area contributed by atoms with E-state index in [9.17, 15) is 9.59 Å². The Bertz CT molecular complexity index is 856. The van der Waals surface area contributed by atoms with Crippen molar-refractivity contribution in [1.29, 1.82) is 0 Å². The van der Waals surface area contributed by atoms with Gasteiger partial charge in [-0.3, -0.25) is 0 Å². The Balaban J connectivity index is 2.12. The van der Waals surface area contributed by atoms with Gasteiger partial charge < -0.3 is 19.8 Å². The van der Waals surface area contributed by atoms with Gasteiger partial charge in [0.2, 0.25) is 0 Å². The van der Waals surface area contributed by atoms with E-state index >= 15 is 0 Å². The summed E-state index contributed by atoms with van der Waals surface area (Å²) in [4.78, 5) is 27.9. The van der Waals surface area contributed by atoms with Crippen LogP contribution in [-0.4, -0.2) is 36.2 Å². The fourth-order valence-electron chi connectivity index (χ4n) is 2.95. The molecule has 2 aromatic rings. The number of hydrogen-bond acceptors (Lipinski definition) is 5. The average Bonchev–Trinajstić information content (AvgIpc) is 2.80. The molecule has 0 spiro atoms. The van der Waals surface area contributed by atoms with Gasteiger partial charge in [-0.15, -0.1) is 0 Å². The summed E-state index contributed by atoms with van der Waals surface area (Å²) in [5, 5.41) is 3.96. The molecule has 1 aliphatic rings. The summed E-state index contributed by atoms with van der Waals surface area (Å²) in [7, 11) is 0. The molecule has 0 fully saturated rings. The first-order valence-corrected chi connectivity index (χ1v) is 8.94. The lowest BCUT2D eigenvalue weighted by molar-refractivity contribution is -0.145. The fraction of sp³-hybridized carbons (Fsp3) is 0.333. The summed E-state index contributed by atoms with van der Waals surface area (Å²) in [5.74, 6) is -0.785. The largest absolute Gasteiger partial charge is 0.464 e. The molecule has 0 radical (unpaired) electrons. The van der Waals surface area contributed by atoms with Crippen LogP contribution in [-0.2, 0) is 25.5 Å². The second kappa shape index (κ2) is 7.31. The van der Waals surface area contributed by atoms with Crippen molar-refractivity contribution in [1.82, 2.24) is 10.3 Å². The first kappa shape index (κ1) is 17.5. The lowest BCUT2D eigenvalue weighted by atomic mass is 10.0. The van der Waals surface area contributed by atoms with Gasteiger partial charge in [-0.05, 0) is 31.5 Å². The average molecular weight is 407 g/mol. The molecule has 2 N–H and O–H groups in total. The zero-order chi connectivity index (χ0) is 18.0. The molecule has 7 heteroatoms. The lowest BCUT2D eigenvalue weighted by Crippen LogP contribution is -2.36. The molecule has 0 aliphatic carbocycles. The minimum atomic E-state index is -0.562. The molecule has 0 bridgehead atoms. The predicted octanol–water partition coefficient (Wildman–Crippen LogP) is 2.91. The van der Waals surface area contributed by atoms with Gasteiger partial charge in [0.25, 0.3) is 0 Å². The van der Waals surface area contributed by atoms with E-state index in [0.717, 1.165) is 20.9 Å². The Morgan fingerprint density at radius 2 is 2.00 bits per heavy atom.